The van der Waals surface area contributed by atoms with Gasteiger partial charge < -0.3 is 10.2 Å². The number of urea groups is 1. The Morgan fingerprint density at radius 3 is 2.95 bits per heavy atom. The zero-order valence-corrected chi connectivity index (χ0v) is 11.9. The minimum Gasteiger partial charge on any atom is -0.350 e. The lowest BCUT2D eigenvalue weighted by Gasteiger charge is -2.12. The molecule has 3 rings (SSSR count). The number of imide groups is 1. The molecule has 1 saturated heterocycles. The second-order valence-corrected chi connectivity index (χ2v) is 5.73. The monoisotopic (exact) mass is 303 g/mol. The second kappa shape index (κ2) is 5.53. The van der Waals surface area contributed by atoms with Crippen molar-refractivity contribution in [1.29, 1.82) is 0 Å². The Bertz CT molecular complexity index is 725. The quantitative estimate of drug-likeness (QED) is 0.829. The van der Waals surface area contributed by atoms with Crippen LogP contribution < -0.4 is 10.6 Å². The maximum absolute atomic E-state index is 11.8. The summed E-state index contributed by atoms with van der Waals surface area (Å²) in [6.07, 6.45) is 0. The van der Waals surface area contributed by atoms with Gasteiger partial charge in [-0.15, -0.1) is 11.3 Å². The summed E-state index contributed by atoms with van der Waals surface area (Å²) < 4.78 is 1.21. The number of thiophene rings is 1. The molecular weight excluding hydrogens is 290 g/mol. The van der Waals surface area contributed by atoms with Crippen molar-refractivity contribution < 1.29 is 14.4 Å². The maximum Gasteiger partial charge on any atom is 0.325 e. The van der Waals surface area contributed by atoms with Gasteiger partial charge in [0, 0.05) is 11.2 Å². The van der Waals surface area contributed by atoms with Crippen molar-refractivity contribution in [2.45, 2.75) is 6.54 Å². The Labute approximate surface area is 124 Å². The molecular formula is C14H13N3O3S. The Morgan fingerprint density at radius 2 is 2.19 bits per heavy atom. The van der Waals surface area contributed by atoms with Gasteiger partial charge in [0.2, 0.25) is 11.8 Å². The zero-order chi connectivity index (χ0) is 14.8. The zero-order valence-electron chi connectivity index (χ0n) is 11.1. The molecule has 0 saturated carbocycles. The number of nitrogens with zero attached hydrogens (tertiary/aromatic N) is 1. The second-order valence-electron chi connectivity index (χ2n) is 4.78. The van der Waals surface area contributed by atoms with Crippen molar-refractivity contribution in [3.05, 3.63) is 35.2 Å². The third-order valence-corrected chi connectivity index (χ3v) is 4.11. The van der Waals surface area contributed by atoms with E-state index in [1.54, 1.807) is 11.3 Å². The number of amides is 4. The van der Waals surface area contributed by atoms with Crippen molar-refractivity contribution in [2.75, 3.05) is 13.1 Å². The number of fused-ring (bicyclic) bond motifs is 1. The van der Waals surface area contributed by atoms with Crippen LogP contribution in [0.3, 0.4) is 0 Å². The number of rotatable bonds is 4. The first-order chi connectivity index (χ1) is 10.1. The van der Waals surface area contributed by atoms with Gasteiger partial charge in [0.25, 0.3) is 0 Å². The van der Waals surface area contributed by atoms with E-state index in [0.29, 0.717) is 6.54 Å². The molecule has 0 unspecified atom stereocenters. The van der Waals surface area contributed by atoms with Crippen LogP contribution in [0.4, 0.5) is 4.79 Å². The van der Waals surface area contributed by atoms with Gasteiger partial charge in [0.15, 0.2) is 0 Å². The molecule has 0 radical (unpaired) electrons. The number of nitrogens with one attached hydrogen (secondary N) is 2. The summed E-state index contributed by atoms with van der Waals surface area (Å²) in [7, 11) is 0. The molecule has 7 heteroatoms. The number of hydrogen-bond acceptors (Lipinski definition) is 4. The summed E-state index contributed by atoms with van der Waals surface area (Å²) in [6.45, 7) is 0.222. The average molecular weight is 303 g/mol. The lowest BCUT2D eigenvalue weighted by Crippen LogP contribution is -2.38. The molecule has 1 fully saturated rings. The van der Waals surface area contributed by atoms with Gasteiger partial charge in [0.05, 0.1) is 0 Å². The summed E-state index contributed by atoms with van der Waals surface area (Å²) in [5.41, 5.74) is 0.996. The third kappa shape index (κ3) is 3.03. The van der Waals surface area contributed by atoms with Crippen LogP contribution >= 0.6 is 11.3 Å². The molecule has 1 aliphatic rings. The molecule has 108 valence electrons. The Hall–Kier alpha value is -2.41. The van der Waals surface area contributed by atoms with E-state index >= 15 is 0 Å². The highest BCUT2D eigenvalue weighted by atomic mass is 32.1. The van der Waals surface area contributed by atoms with Gasteiger partial charge in [-0.05, 0) is 34.5 Å². The fourth-order valence-electron chi connectivity index (χ4n) is 2.17. The van der Waals surface area contributed by atoms with E-state index in [1.165, 1.54) is 9.60 Å². The fraction of sp³-hybridized carbons (Fsp3) is 0.214. The van der Waals surface area contributed by atoms with Crippen molar-refractivity contribution in [1.82, 2.24) is 15.5 Å². The van der Waals surface area contributed by atoms with Crippen LogP contribution in [-0.2, 0) is 16.1 Å². The highest BCUT2D eigenvalue weighted by Gasteiger charge is 2.27. The molecule has 2 aromatic rings. The summed E-state index contributed by atoms with van der Waals surface area (Å²) in [4.78, 5) is 35.3. The molecule has 1 aromatic heterocycles. The van der Waals surface area contributed by atoms with Crippen molar-refractivity contribution in [2.24, 2.45) is 0 Å². The SMILES string of the molecule is O=C(CN1CC(=O)NC1=O)NCc1ccc2sccc2c1. The number of benzene rings is 1. The molecule has 1 aromatic carbocycles. The first-order valence-electron chi connectivity index (χ1n) is 6.43. The highest BCUT2D eigenvalue weighted by Crippen LogP contribution is 2.21. The van der Waals surface area contributed by atoms with Crippen molar-refractivity contribution in [3.63, 3.8) is 0 Å². The van der Waals surface area contributed by atoms with Gasteiger partial charge in [0.1, 0.15) is 13.1 Å². The molecule has 4 amide bonds. The summed E-state index contributed by atoms with van der Waals surface area (Å²) >= 11 is 1.67. The number of carbonyl (C=O) groups is 3. The van der Waals surface area contributed by atoms with E-state index in [4.69, 9.17) is 0 Å². The van der Waals surface area contributed by atoms with E-state index in [9.17, 15) is 14.4 Å². The minimum atomic E-state index is -0.519. The van der Waals surface area contributed by atoms with Gasteiger partial charge in [-0.3, -0.25) is 14.9 Å². The number of carbonyl (C=O) groups excluding carboxylic acids is 3. The lowest BCUT2D eigenvalue weighted by molar-refractivity contribution is -0.122. The lowest BCUT2D eigenvalue weighted by atomic mass is 10.1. The summed E-state index contributed by atoms with van der Waals surface area (Å²) in [5.74, 6) is -0.666. The topological polar surface area (TPSA) is 78.5 Å². The van der Waals surface area contributed by atoms with Crippen LogP contribution in [0.2, 0.25) is 0 Å². The van der Waals surface area contributed by atoms with Crippen LogP contribution in [0.15, 0.2) is 29.6 Å². The fourth-order valence-corrected chi connectivity index (χ4v) is 2.94. The largest absolute Gasteiger partial charge is 0.350 e. The van der Waals surface area contributed by atoms with Crippen LogP contribution in [-0.4, -0.2) is 35.8 Å². The normalized spacial score (nSPS) is 14.6. The van der Waals surface area contributed by atoms with Crippen LogP contribution in [0.1, 0.15) is 5.56 Å². The van der Waals surface area contributed by atoms with E-state index < -0.39 is 6.03 Å². The third-order valence-electron chi connectivity index (χ3n) is 3.21. The van der Waals surface area contributed by atoms with E-state index in [0.717, 1.165) is 10.9 Å². The molecule has 2 N–H and O–H groups in total. The van der Waals surface area contributed by atoms with Crippen molar-refractivity contribution in [3.8, 4) is 0 Å². The van der Waals surface area contributed by atoms with E-state index in [2.05, 4.69) is 10.6 Å². The van der Waals surface area contributed by atoms with Crippen LogP contribution in [0, 0.1) is 0 Å². The van der Waals surface area contributed by atoms with E-state index in [1.807, 2.05) is 29.6 Å². The highest BCUT2D eigenvalue weighted by molar-refractivity contribution is 7.17. The average Bonchev–Trinajstić information content (AvgIpc) is 3.02. The molecule has 0 bridgehead atoms. The molecule has 0 spiro atoms. The first kappa shape index (κ1) is 13.6. The first-order valence-corrected chi connectivity index (χ1v) is 7.31. The molecule has 21 heavy (non-hydrogen) atoms. The predicted molar refractivity (Wildman–Crippen MR) is 78.8 cm³/mol. The summed E-state index contributed by atoms with van der Waals surface area (Å²) in [5, 5.41) is 8.06. The van der Waals surface area contributed by atoms with Gasteiger partial charge in [-0.25, -0.2) is 4.79 Å². The van der Waals surface area contributed by atoms with Crippen LogP contribution in [0.25, 0.3) is 10.1 Å². The van der Waals surface area contributed by atoms with Gasteiger partial charge >= 0.3 is 6.03 Å². The Balaban J connectivity index is 1.55. The van der Waals surface area contributed by atoms with Gasteiger partial charge in [-0.2, -0.15) is 0 Å². The Kier molecular flexibility index (Phi) is 3.57. The molecule has 6 nitrogen and oxygen atoms in total. The predicted octanol–water partition coefficient (Wildman–Crippen LogP) is 1.07. The summed E-state index contributed by atoms with van der Waals surface area (Å²) in [6, 6.07) is 7.53. The van der Waals surface area contributed by atoms with E-state index in [-0.39, 0.29) is 24.9 Å². The standard InChI is InChI=1S/C14H13N3O3S/c18-12(7-17-8-13(19)16-14(17)20)15-6-9-1-2-11-10(5-9)3-4-21-11/h1-5H,6-8H2,(H,15,18)(H,16,19,20). The molecule has 1 aliphatic heterocycles. The van der Waals surface area contributed by atoms with Crippen molar-refractivity contribution >= 4 is 39.3 Å². The smallest absolute Gasteiger partial charge is 0.325 e. The molecule has 0 atom stereocenters. The molecule has 2 heterocycles. The Morgan fingerprint density at radius 1 is 1.33 bits per heavy atom. The molecule has 0 aliphatic carbocycles. The number of hydrogen-bond donors (Lipinski definition) is 2. The minimum absolute atomic E-state index is 0.0624. The van der Waals surface area contributed by atoms with Crippen LogP contribution in [0.5, 0.6) is 0 Å². The van der Waals surface area contributed by atoms with Gasteiger partial charge in [-0.1, -0.05) is 6.07 Å². The maximum atomic E-state index is 11.8.